The van der Waals surface area contributed by atoms with Gasteiger partial charge in [-0.1, -0.05) is 0 Å². The summed E-state index contributed by atoms with van der Waals surface area (Å²) in [5, 5.41) is 3.05. The van der Waals surface area contributed by atoms with E-state index in [1.165, 1.54) is 0 Å². The van der Waals surface area contributed by atoms with Gasteiger partial charge in [0.2, 0.25) is 5.91 Å². The van der Waals surface area contributed by atoms with Gasteiger partial charge in [0, 0.05) is 17.7 Å². The molecule has 3 N–H and O–H groups in total. The van der Waals surface area contributed by atoms with E-state index in [0.29, 0.717) is 6.10 Å². The van der Waals surface area contributed by atoms with Gasteiger partial charge in [-0.3, -0.25) is 4.79 Å². The summed E-state index contributed by atoms with van der Waals surface area (Å²) in [6.07, 6.45) is 5.15. The number of nitrogens with two attached hydrogens (primary N) is 1. The summed E-state index contributed by atoms with van der Waals surface area (Å²) in [6, 6.07) is 0. The van der Waals surface area contributed by atoms with E-state index in [9.17, 15) is 4.79 Å². The molecular weight excluding hydrogens is 232 g/mol. The molecule has 4 aliphatic rings. The maximum Gasteiger partial charge on any atom is 0.246 e. The van der Waals surface area contributed by atoms with Crippen LogP contribution in [-0.2, 0) is 14.3 Å². The minimum atomic E-state index is -0.00314. The summed E-state index contributed by atoms with van der Waals surface area (Å²) in [5.41, 5.74) is 6.00. The van der Waals surface area contributed by atoms with E-state index in [0.717, 1.165) is 38.7 Å². The molecule has 0 aromatic rings. The predicted octanol–water partition coefficient (Wildman–Crippen LogP) is 0.321. The van der Waals surface area contributed by atoms with Gasteiger partial charge in [0.05, 0.1) is 12.2 Å². The van der Waals surface area contributed by atoms with Crippen molar-refractivity contribution >= 4 is 5.91 Å². The Bertz CT molecular complexity index is 332. The fourth-order valence-electron chi connectivity index (χ4n) is 3.55. The highest BCUT2D eigenvalue weighted by Gasteiger charge is 2.66. The minimum Gasteiger partial charge on any atom is -0.378 e. The highest BCUT2D eigenvalue weighted by molar-refractivity contribution is 5.79. The van der Waals surface area contributed by atoms with Crippen molar-refractivity contribution in [3.05, 3.63) is 0 Å². The Balaban J connectivity index is 1.29. The maximum absolute atomic E-state index is 11.7. The first kappa shape index (κ1) is 12.4. The second-order valence-electron chi connectivity index (χ2n) is 6.20. The Morgan fingerprint density at radius 2 is 1.89 bits per heavy atom. The fraction of sp³-hybridized carbons (Fsp3) is 0.923. The fourth-order valence-corrected chi connectivity index (χ4v) is 3.55. The number of carbonyl (C=O) groups excluding carboxylic acids is 1. The molecule has 4 aliphatic carbocycles. The number of ether oxygens (including phenoxy) is 2. The Morgan fingerprint density at radius 1 is 1.28 bits per heavy atom. The first-order valence-corrected chi connectivity index (χ1v) is 6.86. The summed E-state index contributed by atoms with van der Waals surface area (Å²) in [4.78, 5) is 11.7. The predicted molar refractivity (Wildman–Crippen MR) is 66.0 cm³/mol. The summed E-state index contributed by atoms with van der Waals surface area (Å²) in [5.74, 6) is -0.00314. The van der Waals surface area contributed by atoms with Gasteiger partial charge in [-0.25, -0.2) is 0 Å². The molecule has 1 amide bonds. The molecule has 0 atom stereocenters. The monoisotopic (exact) mass is 254 g/mol. The summed E-state index contributed by atoms with van der Waals surface area (Å²) < 4.78 is 11.0. The van der Waals surface area contributed by atoms with Crippen molar-refractivity contribution in [2.45, 2.75) is 62.3 Å². The van der Waals surface area contributed by atoms with Crippen molar-refractivity contribution in [3.8, 4) is 0 Å². The molecule has 4 saturated carbocycles. The smallest absolute Gasteiger partial charge is 0.246 e. The van der Waals surface area contributed by atoms with E-state index in [4.69, 9.17) is 15.2 Å². The number of hydrogen-bond acceptors (Lipinski definition) is 4. The lowest BCUT2D eigenvalue weighted by Crippen LogP contribution is -2.82. The van der Waals surface area contributed by atoms with Crippen molar-refractivity contribution in [2.24, 2.45) is 5.73 Å². The van der Waals surface area contributed by atoms with Crippen LogP contribution >= 0.6 is 0 Å². The largest absolute Gasteiger partial charge is 0.378 e. The molecule has 0 aliphatic heterocycles. The van der Waals surface area contributed by atoms with E-state index < -0.39 is 0 Å². The zero-order chi connectivity index (χ0) is 12.8. The molecule has 0 unspecified atom stereocenters. The quantitative estimate of drug-likeness (QED) is 0.716. The lowest BCUT2D eigenvalue weighted by Gasteiger charge is -2.68. The molecule has 0 aromatic heterocycles. The normalized spacial score (nSPS) is 44.6. The van der Waals surface area contributed by atoms with Crippen molar-refractivity contribution < 1.29 is 14.3 Å². The van der Waals surface area contributed by atoms with Gasteiger partial charge < -0.3 is 20.5 Å². The van der Waals surface area contributed by atoms with Crippen LogP contribution in [0.4, 0.5) is 0 Å². The average Bonchev–Trinajstić information content (AvgIpc) is 2.17. The maximum atomic E-state index is 11.7. The van der Waals surface area contributed by atoms with Gasteiger partial charge in [0.1, 0.15) is 6.61 Å². The van der Waals surface area contributed by atoms with Crippen molar-refractivity contribution in [1.29, 1.82) is 0 Å². The van der Waals surface area contributed by atoms with Gasteiger partial charge in [-0.15, -0.1) is 0 Å². The first-order chi connectivity index (χ1) is 8.53. The SMILES string of the molecule is CCOC1CC(OCC(=O)NC23CC(N)(C2)C3)C1. The van der Waals surface area contributed by atoms with Gasteiger partial charge >= 0.3 is 0 Å². The number of hydrogen-bond donors (Lipinski definition) is 2. The van der Waals surface area contributed by atoms with Crippen LogP contribution in [0.3, 0.4) is 0 Å². The average molecular weight is 254 g/mol. The zero-order valence-corrected chi connectivity index (χ0v) is 10.9. The number of rotatable bonds is 6. The number of carbonyl (C=O) groups is 1. The van der Waals surface area contributed by atoms with E-state index in [1.807, 2.05) is 6.92 Å². The molecule has 2 bridgehead atoms. The van der Waals surface area contributed by atoms with Crippen LogP contribution in [-0.4, -0.2) is 42.4 Å². The molecular formula is C13H22N2O3. The Hall–Kier alpha value is -0.650. The third kappa shape index (κ3) is 2.15. The summed E-state index contributed by atoms with van der Waals surface area (Å²) >= 11 is 0. The van der Waals surface area contributed by atoms with E-state index in [1.54, 1.807) is 0 Å². The van der Waals surface area contributed by atoms with E-state index >= 15 is 0 Å². The Morgan fingerprint density at radius 3 is 2.44 bits per heavy atom. The summed E-state index contributed by atoms with van der Waals surface area (Å²) in [7, 11) is 0. The van der Waals surface area contributed by atoms with Gasteiger partial charge in [0.15, 0.2) is 0 Å². The highest BCUT2D eigenvalue weighted by atomic mass is 16.5. The van der Waals surface area contributed by atoms with Crippen LogP contribution in [0.2, 0.25) is 0 Å². The van der Waals surface area contributed by atoms with Gasteiger partial charge in [-0.2, -0.15) is 0 Å². The summed E-state index contributed by atoms with van der Waals surface area (Å²) in [6.45, 7) is 2.92. The molecule has 18 heavy (non-hydrogen) atoms. The molecule has 4 rings (SSSR count). The topological polar surface area (TPSA) is 73.6 Å². The first-order valence-electron chi connectivity index (χ1n) is 6.86. The van der Waals surface area contributed by atoms with Crippen LogP contribution in [0.5, 0.6) is 0 Å². The van der Waals surface area contributed by atoms with Crippen molar-refractivity contribution in [3.63, 3.8) is 0 Å². The third-order valence-corrected chi connectivity index (χ3v) is 4.38. The lowest BCUT2D eigenvalue weighted by molar-refractivity contribution is -0.149. The second-order valence-corrected chi connectivity index (χ2v) is 6.20. The van der Waals surface area contributed by atoms with E-state index in [-0.39, 0.29) is 29.7 Å². The molecule has 5 heteroatoms. The van der Waals surface area contributed by atoms with Crippen molar-refractivity contribution in [1.82, 2.24) is 5.32 Å². The molecule has 0 saturated heterocycles. The molecule has 0 spiro atoms. The number of nitrogens with one attached hydrogen (secondary N) is 1. The molecule has 0 aromatic carbocycles. The lowest BCUT2D eigenvalue weighted by atomic mass is 9.44. The standard InChI is InChI=1S/C13H22N2O3/c1-2-17-9-3-10(4-9)18-5-11(16)15-13-6-12(14,7-13)8-13/h9-10H,2-8,14H2,1H3,(H,15,16). The number of amides is 1. The second kappa shape index (κ2) is 4.18. The third-order valence-electron chi connectivity index (χ3n) is 4.38. The van der Waals surface area contributed by atoms with Gasteiger partial charge in [-0.05, 0) is 39.0 Å². The molecule has 5 nitrogen and oxygen atoms in total. The van der Waals surface area contributed by atoms with Crippen LogP contribution < -0.4 is 11.1 Å². The van der Waals surface area contributed by atoms with Crippen LogP contribution in [0.1, 0.15) is 39.0 Å². The van der Waals surface area contributed by atoms with Crippen molar-refractivity contribution in [2.75, 3.05) is 13.2 Å². The Labute approximate surface area is 107 Å². The van der Waals surface area contributed by atoms with Crippen LogP contribution in [0.15, 0.2) is 0 Å². The van der Waals surface area contributed by atoms with Gasteiger partial charge in [0.25, 0.3) is 0 Å². The minimum absolute atomic E-state index is 0.00314. The van der Waals surface area contributed by atoms with E-state index in [2.05, 4.69) is 5.32 Å². The molecule has 0 heterocycles. The molecule has 4 fully saturated rings. The molecule has 0 radical (unpaired) electrons. The zero-order valence-electron chi connectivity index (χ0n) is 10.9. The van der Waals surface area contributed by atoms with Crippen LogP contribution in [0.25, 0.3) is 0 Å². The Kier molecular flexibility index (Phi) is 2.88. The molecule has 102 valence electrons. The van der Waals surface area contributed by atoms with Crippen LogP contribution in [0, 0.1) is 0 Å². The highest BCUT2D eigenvalue weighted by Crippen LogP contribution is 2.58.